The van der Waals surface area contributed by atoms with Crippen molar-refractivity contribution < 1.29 is 13.7 Å². The van der Waals surface area contributed by atoms with E-state index in [0.717, 1.165) is 54.4 Å². The van der Waals surface area contributed by atoms with Crippen molar-refractivity contribution in [2.45, 2.75) is 0 Å². The smallest absolute Gasteiger partial charge is 0.116 e. The molecule has 52 heavy (non-hydrogen) atoms. The van der Waals surface area contributed by atoms with Crippen LogP contribution in [0.2, 0.25) is 0 Å². The number of fused-ring (bicyclic) bond motifs is 8. The molecule has 0 radical (unpaired) electrons. The molecule has 11 aromatic rings. The van der Waals surface area contributed by atoms with E-state index in [1.165, 1.54) is 34.5 Å². The molecule has 242 valence electrons. The van der Waals surface area contributed by atoms with Crippen molar-refractivity contribution in [2.24, 2.45) is 0 Å². The molecule has 8 aromatic carbocycles. The number of aromatic nitrogens is 2. The number of thiophene rings is 2. The molecule has 3 aromatic heterocycles. The van der Waals surface area contributed by atoms with Gasteiger partial charge >= 0.3 is 0 Å². The van der Waals surface area contributed by atoms with E-state index in [1.807, 2.05) is 12.1 Å². The van der Waals surface area contributed by atoms with Gasteiger partial charge in [0, 0.05) is 35.8 Å². The molecule has 0 saturated carbocycles. The molecule has 11 rings (SSSR count). The Morgan fingerprint density at radius 1 is 0.442 bits per heavy atom. The van der Waals surface area contributed by atoms with E-state index >= 15 is 0 Å². The molecule has 0 N–H and O–H groups in total. The zero-order chi connectivity index (χ0) is 42.9. The van der Waals surface area contributed by atoms with E-state index in [-0.39, 0.29) is 73.1 Å². The molecule has 0 saturated heterocycles. The van der Waals surface area contributed by atoms with Gasteiger partial charge in [-0.2, -0.15) is 0 Å². The summed E-state index contributed by atoms with van der Waals surface area (Å²) < 4.78 is 90.0. The maximum atomic E-state index is 9.59. The Kier molecular flexibility index (Phi) is 4.77. The Balaban J connectivity index is 1.03. The number of nitrogens with zero attached hydrogens (tertiary/aromatic N) is 2. The van der Waals surface area contributed by atoms with E-state index in [4.69, 9.17) is 12.3 Å². The quantitative estimate of drug-likeness (QED) is 0.182. The summed E-state index contributed by atoms with van der Waals surface area (Å²) >= 11 is 2.37. The molecule has 0 bridgehead atoms. The predicted molar refractivity (Wildman–Crippen MR) is 225 cm³/mol. The minimum atomic E-state index is -0.503. The van der Waals surface area contributed by atoms with Gasteiger partial charge in [-0.15, -0.1) is 22.7 Å². The highest BCUT2D eigenvalue weighted by Gasteiger charge is 2.16. The number of hydrogen-bond acceptors (Lipinski definition) is 4. The molecule has 0 atom stereocenters. The van der Waals surface area contributed by atoms with Crippen LogP contribution in [0.25, 0.3) is 107 Å². The molecular formula is C48H28N2S2. The molecular weight excluding hydrogens is 669 g/mol. The monoisotopic (exact) mass is 706 g/mol. The lowest BCUT2D eigenvalue weighted by molar-refractivity contribution is 1.24. The van der Waals surface area contributed by atoms with E-state index in [2.05, 4.69) is 94.9 Å². The fourth-order valence-electron chi connectivity index (χ4n) is 7.05. The first-order valence-electron chi connectivity index (χ1n) is 21.6. The van der Waals surface area contributed by atoms with Gasteiger partial charge in [0.15, 0.2) is 0 Å². The first-order valence-corrected chi connectivity index (χ1v) is 18.3. The fraction of sp³-hybridized carbons (Fsp3) is 0. The van der Waals surface area contributed by atoms with Crippen LogP contribution in [0.5, 0.6) is 0 Å². The topological polar surface area (TPSA) is 25.8 Å². The summed E-state index contributed by atoms with van der Waals surface area (Å²) in [5, 5.41) is 5.63. The van der Waals surface area contributed by atoms with Crippen LogP contribution >= 0.6 is 22.7 Å². The molecule has 0 aliphatic heterocycles. The minimum absolute atomic E-state index is 0.0121. The predicted octanol–water partition coefficient (Wildman–Crippen LogP) is 14.2. The Morgan fingerprint density at radius 3 is 1.92 bits per heavy atom. The van der Waals surface area contributed by atoms with Crippen LogP contribution in [0.15, 0.2) is 170 Å². The van der Waals surface area contributed by atoms with Gasteiger partial charge < -0.3 is 0 Å². The van der Waals surface area contributed by atoms with Crippen LogP contribution in [0.3, 0.4) is 0 Å². The third kappa shape index (κ3) is 4.76. The number of rotatable bonds is 4. The molecule has 0 aliphatic carbocycles. The van der Waals surface area contributed by atoms with Gasteiger partial charge in [0.2, 0.25) is 0 Å². The zero-order valence-electron chi connectivity index (χ0n) is 37.1. The van der Waals surface area contributed by atoms with Crippen LogP contribution in [0, 0.1) is 0 Å². The standard InChI is InChI=1S/C48H28N2S2/c1-2-8-30-23-31(16-15-29(30)7-1)32-17-18-34-25-35(20-19-33(34)24-32)36-21-22-44-42(27-36)46-48(52-44)45(49-28-50-46)38-10-5-9-37(26-38)39-12-6-13-41-40-11-3-4-14-43(40)51-47(39)41/h1-28H/i3D,4D,6D,9D,10D,11D,12D,13D,14D,26D. The molecule has 4 heteroatoms. The second-order valence-corrected chi connectivity index (χ2v) is 14.7. The van der Waals surface area contributed by atoms with Crippen LogP contribution in [-0.4, -0.2) is 9.97 Å². The Hall–Kier alpha value is -6.20. The van der Waals surface area contributed by atoms with E-state index in [9.17, 15) is 1.37 Å². The van der Waals surface area contributed by atoms with Gasteiger partial charge in [-0.1, -0.05) is 121 Å². The number of hydrogen-bond donors (Lipinski definition) is 0. The molecule has 0 fully saturated rings. The summed E-state index contributed by atoms with van der Waals surface area (Å²) in [5.41, 5.74) is 5.30. The summed E-state index contributed by atoms with van der Waals surface area (Å²) in [6, 6.07) is 31.7. The molecule has 3 heterocycles. The van der Waals surface area contributed by atoms with Gasteiger partial charge in [0.1, 0.15) is 6.33 Å². The average molecular weight is 707 g/mol. The van der Waals surface area contributed by atoms with Gasteiger partial charge in [0.05, 0.1) is 29.6 Å². The summed E-state index contributed by atoms with van der Waals surface area (Å²) in [7, 11) is 0. The van der Waals surface area contributed by atoms with E-state index < -0.39 is 24.2 Å². The summed E-state index contributed by atoms with van der Waals surface area (Å²) in [4.78, 5) is 9.29. The lowest BCUT2D eigenvalue weighted by Crippen LogP contribution is -1.87. The maximum Gasteiger partial charge on any atom is 0.116 e. The lowest BCUT2D eigenvalue weighted by Gasteiger charge is -2.08. The third-order valence-electron chi connectivity index (χ3n) is 9.61. The van der Waals surface area contributed by atoms with E-state index in [0.29, 0.717) is 15.9 Å². The highest BCUT2D eigenvalue weighted by Crippen LogP contribution is 2.43. The number of benzene rings is 8. The van der Waals surface area contributed by atoms with Gasteiger partial charge in [0.25, 0.3) is 0 Å². The van der Waals surface area contributed by atoms with E-state index in [1.54, 1.807) is 0 Å². The van der Waals surface area contributed by atoms with Gasteiger partial charge in [-0.25, -0.2) is 9.97 Å². The Labute approximate surface area is 322 Å². The SMILES string of the molecule is [2H]c1cc([2H])c(-c2c([2H])c([2H])c([2H])c3c2sc2c([2H])c([2H])c([2H])c([2H])c23)c([2H])c1-c1ncnc2c1sc1ccc(-c3ccc4cc(-c5ccc6ccccc6c5)ccc4c3)cc12. The van der Waals surface area contributed by atoms with Crippen molar-refractivity contribution in [1.82, 2.24) is 9.97 Å². The van der Waals surface area contributed by atoms with Crippen molar-refractivity contribution in [3.8, 4) is 44.6 Å². The summed E-state index contributed by atoms with van der Waals surface area (Å²) in [5.74, 6) is 0. The molecule has 0 amide bonds. The summed E-state index contributed by atoms with van der Waals surface area (Å²) in [6.07, 6.45) is 1.39. The molecule has 0 spiro atoms. The van der Waals surface area contributed by atoms with Crippen LogP contribution in [0.1, 0.15) is 13.7 Å². The van der Waals surface area contributed by atoms with Crippen LogP contribution in [-0.2, 0) is 0 Å². The van der Waals surface area contributed by atoms with Crippen molar-refractivity contribution in [1.29, 1.82) is 0 Å². The van der Waals surface area contributed by atoms with Gasteiger partial charge in [-0.3, -0.25) is 0 Å². The average Bonchev–Trinajstić information content (AvgIpc) is 3.87. The van der Waals surface area contributed by atoms with Crippen LogP contribution in [0.4, 0.5) is 0 Å². The lowest BCUT2D eigenvalue weighted by atomic mass is 9.96. The summed E-state index contributed by atoms with van der Waals surface area (Å²) in [6.45, 7) is 0. The first kappa shape index (κ1) is 21.2. The Bertz CT molecular complexity index is 3780. The van der Waals surface area contributed by atoms with Crippen molar-refractivity contribution in [3.63, 3.8) is 0 Å². The molecule has 0 unspecified atom stereocenters. The normalized spacial score (nSPS) is 14.5. The first-order chi connectivity index (χ1) is 29.9. The third-order valence-corrected chi connectivity index (χ3v) is 11.9. The Morgan fingerprint density at radius 2 is 1.10 bits per heavy atom. The largest absolute Gasteiger partial charge is 0.235 e. The van der Waals surface area contributed by atoms with Crippen molar-refractivity contribution in [3.05, 3.63) is 170 Å². The van der Waals surface area contributed by atoms with Crippen molar-refractivity contribution in [2.75, 3.05) is 0 Å². The molecule has 0 aliphatic rings. The molecule has 2 nitrogen and oxygen atoms in total. The van der Waals surface area contributed by atoms with Crippen molar-refractivity contribution >= 4 is 84.7 Å². The van der Waals surface area contributed by atoms with Crippen LogP contribution < -0.4 is 0 Å². The second kappa shape index (κ2) is 11.7. The highest BCUT2D eigenvalue weighted by molar-refractivity contribution is 7.26. The van der Waals surface area contributed by atoms with Gasteiger partial charge in [-0.05, 0) is 97.3 Å². The minimum Gasteiger partial charge on any atom is -0.235 e. The zero-order valence-corrected chi connectivity index (χ0v) is 28.7. The second-order valence-electron chi connectivity index (χ2n) is 12.6. The highest BCUT2D eigenvalue weighted by atomic mass is 32.1. The fourth-order valence-corrected chi connectivity index (χ4v) is 9.26. The maximum absolute atomic E-state index is 9.59.